The number of amides is 1. The first-order valence-electron chi connectivity index (χ1n) is 6.74. The van der Waals surface area contributed by atoms with Gasteiger partial charge in [-0.1, -0.05) is 48.0 Å². The van der Waals surface area contributed by atoms with E-state index in [1.165, 1.54) is 5.56 Å². The molecule has 0 aliphatic carbocycles. The van der Waals surface area contributed by atoms with Gasteiger partial charge in [0.05, 0.1) is 6.04 Å². The molecule has 0 spiro atoms. The van der Waals surface area contributed by atoms with E-state index < -0.39 is 6.04 Å². The number of benzene rings is 2. The standard InChI is InChI=1S/C17H20N2O/c1-12-8-9-16(13(2)10-12)19-17(20)15(18)11-14-6-4-3-5-7-14/h3-10,15H,11,18H2,1-2H3,(H,19,20). The normalized spacial score (nSPS) is 11.9. The summed E-state index contributed by atoms with van der Waals surface area (Å²) in [5.74, 6) is -0.152. The average molecular weight is 268 g/mol. The smallest absolute Gasteiger partial charge is 0.241 e. The van der Waals surface area contributed by atoms with Crippen molar-refractivity contribution in [2.24, 2.45) is 5.73 Å². The zero-order valence-electron chi connectivity index (χ0n) is 11.9. The van der Waals surface area contributed by atoms with Crippen molar-refractivity contribution < 1.29 is 4.79 Å². The summed E-state index contributed by atoms with van der Waals surface area (Å²) in [6.45, 7) is 4.01. The maximum Gasteiger partial charge on any atom is 0.241 e. The van der Waals surface area contributed by atoms with Crippen molar-refractivity contribution in [1.29, 1.82) is 0 Å². The summed E-state index contributed by atoms with van der Waals surface area (Å²) in [6.07, 6.45) is 0.539. The molecule has 2 rings (SSSR count). The molecule has 0 aliphatic heterocycles. The van der Waals surface area contributed by atoms with Crippen LogP contribution in [0.2, 0.25) is 0 Å². The van der Waals surface area contributed by atoms with E-state index in [1.54, 1.807) is 0 Å². The zero-order chi connectivity index (χ0) is 14.5. The lowest BCUT2D eigenvalue weighted by atomic mass is 10.1. The van der Waals surface area contributed by atoms with Gasteiger partial charge in [0.2, 0.25) is 5.91 Å². The maximum absolute atomic E-state index is 12.1. The number of nitrogens with one attached hydrogen (secondary N) is 1. The van der Waals surface area contributed by atoms with Gasteiger partial charge in [0, 0.05) is 5.69 Å². The molecule has 0 aromatic heterocycles. The Kier molecular flexibility index (Phi) is 4.53. The summed E-state index contributed by atoms with van der Waals surface area (Å²) in [6, 6.07) is 15.2. The number of rotatable bonds is 4. The minimum atomic E-state index is -0.543. The SMILES string of the molecule is Cc1ccc(NC(=O)C(N)Cc2ccccc2)c(C)c1. The average Bonchev–Trinajstić information content (AvgIpc) is 2.43. The molecule has 3 nitrogen and oxygen atoms in total. The maximum atomic E-state index is 12.1. The third kappa shape index (κ3) is 3.68. The highest BCUT2D eigenvalue weighted by atomic mass is 16.2. The minimum Gasteiger partial charge on any atom is -0.324 e. The van der Waals surface area contributed by atoms with Crippen LogP contribution < -0.4 is 11.1 Å². The van der Waals surface area contributed by atoms with Gasteiger partial charge < -0.3 is 11.1 Å². The van der Waals surface area contributed by atoms with Crippen LogP contribution in [0, 0.1) is 13.8 Å². The Bertz CT molecular complexity index is 593. The predicted octanol–water partition coefficient (Wildman–Crippen LogP) is 2.81. The van der Waals surface area contributed by atoms with Crippen molar-refractivity contribution in [2.45, 2.75) is 26.3 Å². The molecular weight excluding hydrogens is 248 g/mol. The van der Waals surface area contributed by atoms with E-state index in [4.69, 9.17) is 5.73 Å². The van der Waals surface area contributed by atoms with Crippen molar-refractivity contribution in [1.82, 2.24) is 0 Å². The van der Waals surface area contributed by atoms with Gasteiger partial charge in [-0.15, -0.1) is 0 Å². The Balaban J connectivity index is 2.01. The Morgan fingerprint density at radius 2 is 1.85 bits per heavy atom. The highest BCUT2D eigenvalue weighted by Crippen LogP contribution is 2.16. The molecule has 1 amide bonds. The van der Waals surface area contributed by atoms with Crippen LogP contribution in [0.3, 0.4) is 0 Å². The van der Waals surface area contributed by atoms with Gasteiger partial charge in [-0.05, 0) is 37.5 Å². The van der Waals surface area contributed by atoms with Crippen molar-refractivity contribution >= 4 is 11.6 Å². The quantitative estimate of drug-likeness (QED) is 0.896. The van der Waals surface area contributed by atoms with E-state index in [9.17, 15) is 4.79 Å². The second-order valence-electron chi connectivity index (χ2n) is 5.10. The number of anilines is 1. The van der Waals surface area contributed by atoms with E-state index in [1.807, 2.05) is 62.4 Å². The molecule has 0 saturated heterocycles. The highest BCUT2D eigenvalue weighted by Gasteiger charge is 2.14. The molecule has 3 N–H and O–H groups in total. The largest absolute Gasteiger partial charge is 0.324 e. The van der Waals surface area contributed by atoms with Crippen LogP contribution in [0.4, 0.5) is 5.69 Å². The Hall–Kier alpha value is -2.13. The molecule has 1 atom stereocenters. The number of carbonyl (C=O) groups is 1. The van der Waals surface area contributed by atoms with Crippen LogP contribution in [0.25, 0.3) is 0 Å². The second kappa shape index (κ2) is 6.35. The molecule has 1 unspecified atom stereocenters. The Morgan fingerprint density at radius 3 is 2.50 bits per heavy atom. The van der Waals surface area contributed by atoms with E-state index >= 15 is 0 Å². The zero-order valence-corrected chi connectivity index (χ0v) is 11.9. The number of aryl methyl sites for hydroxylation is 2. The lowest BCUT2D eigenvalue weighted by Crippen LogP contribution is -2.37. The monoisotopic (exact) mass is 268 g/mol. The summed E-state index contributed by atoms with van der Waals surface area (Å²) in [5, 5.41) is 2.89. The second-order valence-corrected chi connectivity index (χ2v) is 5.10. The molecule has 0 fully saturated rings. The lowest BCUT2D eigenvalue weighted by molar-refractivity contribution is -0.117. The van der Waals surface area contributed by atoms with Gasteiger partial charge in [-0.25, -0.2) is 0 Å². The van der Waals surface area contributed by atoms with Gasteiger partial charge >= 0.3 is 0 Å². The lowest BCUT2D eigenvalue weighted by Gasteiger charge is -2.14. The van der Waals surface area contributed by atoms with Crippen LogP contribution in [0.5, 0.6) is 0 Å². The molecule has 0 bridgehead atoms. The molecule has 2 aromatic carbocycles. The molecular formula is C17H20N2O. The molecule has 20 heavy (non-hydrogen) atoms. The van der Waals surface area contributed by atoms with Crippen LogP contribution in [-0.4, -0.2) is 11.9 Å². The summed E-state index contributed by atoms with van der Waals surface area (Å²) in [7, 11) is 0. The summed E-state index contributed by atoms with van der Waals surface area (Å²) in [4.78, 5) is 12.1. The fourth-order valence-corrected chi connectivity index (χ4v) is 2.14. The van der Waals surface area contributed by atoms with Gasteiger partial charge in [-0.2, -0.15) is 0 Å². The van der Waals surface area contributed by atoms with Crippen molar-refractivity contribution in [2.75, 3.05) is 5.32 Å². The van der Waals surface area contributed by atoms with E-state index in [2.05, 4.69) is 5.32 Å². The summed E-state index contributed by atoms with van der Waals surface area (Å²) >= 11 is 0. The Morgan fingerprint density at radius 1 is 1.15 bits per heavy atom. The van der Waals surface area contributed by atoms with Crippen LogP contribution in [0.1, 0.15) is 16.7 Å². The number of hydrogen-bond donors (Lipinski definition) is 2. The van der Waals surface area contributed by atoms with Gasteiger partial charge in [0.25, 0.3) is 0 Å². The van der Waals surface area contributed by atoms with Gasteiger partial charge in [0.1, 0.15) is 0 Å². The molecule has 0 heterocycles. The fourth-order valence-electron chi connectivity index (χ4n) is 2.14. The third-order valence-corrected chi connectivity index (χ3v) is 3.27. The molecule has 0 saturated carbocycles. The topological polar surface area (TPSA) is 55.1 Å². The van der Waals surface area contributed by atoms with Gasteiger partial charge in [0.15, 0.2) is 0 Å². The summed E-state index contributed by atoms with van der Waals surface area (Å²) < 4.78 is 0. The van der Waals surface area contributed by atoms with Crippen molar-refractivity contribution in [3.05, 3.63) is 65.2 Å². The van der Waals surface area contributed by atoms with E-state index in [0.29, 0.717) is 6.42 Å². The molecule has 0 aliphatic rings. The van der Waals surface area contributed by atoms with Crippen LogP contribution in [-0.2, 0) is 11.2 Å². The van der Waals surface area contributed by atoms with Gasteiger partial charge in [-0.3, -0.25) is 4.79 Å². The predicted molar refractivity (Wildman–Crippen MR) is 82.7 cm³/mol. The number of nitrogens with two attached hydrogens (primary N) is 1. The third-order valence-electron chi connectivity index (χ3n) is 3.27. The first kappa shape index (κ1) is 14.3. The van der Waals surface area contributed by atoms with E-state index in [0.717, 1.165) is 16.8 Å². The Labute approximate surface area is 119 Å². The minimum absolute atomic E-state index is 0.152. The fraction of sp³-hybridized carbons (Fsp3) is 0.235. The molecule has 0 radical (unpaired) electrons. The first-order chi connectivity index (χ1) is 9.56. The van der Waals surface area contributed by atoms with E-state index in [-0.39, 0.29) is 5.91 Å². The molecule has 2 aromatic rings. The van der Waals surface area contributed by atoms with Crippen LogP contribution in [0.15, 0.2) is 48.5 Å². The molecule has 104 valence electrons. The first-order valence-corrected chi connectivity index (χ1v) is 6.74. The number of hydrogen-bond acceptors (Lipinski definition) is 2. The summed E-state index contributed by atoms with van der Waals surface area (Å²) in [5.41, 5.74) is 10.1. The van der Waals surface area contributed by atoms with Crippen molar-refractivity contribution in [3.8, 4) is 0 Å². The highest BCUT2D eigenvalue weighted by molar-refractivity contribution is 5.95. The molecule has 3 heteroatoms. The van der Waals surface area contributed by atoms with Crippen molar-refractivity contribution in [3.63, 3.8) is 0 Å². The number of carbonyl (C=O) groups excluding carboxylic acids is 1. The van der Waals surface area contributed by atoms with Crippen LogP contribution >= 0.6 is 0 Å².